The summed E-state index contributed by atoms with van der Waals surface area (Å²) < 4.78 is 7.62. The molecule has 0 saturated carbocycles. The summed E-state index contributed by atoms with van der Waals surface area (Å²) in [7, 11) is 0. The van der Waals surface area contributed by atoms with Crippen molar-refractivity contribution in [1.29, 1.82) is 0 Å². The van der Waals surface area contributed by atoms with Crippen LogP contribution in [0.25, 0.3) is 10.8 Å². The van der Waals surface area contributed by atoms with Crippen LogP contribution in [0.2, 0.25) is 0 Å². The average Bonchev–Trinajstić information content (AvgIpc) is 3.30. The van der Waals surface area contributed by atoms with Gasteiger partial charge in [-0.25, -0.2) is 14.6 Å². The standard InChI is InChI=1S/C17H21N5OS/c1-11(2)16-20-15-6-5-12(9-22(15)21-16)18-8-13-10-23-17(19-13)14-4-3-7-24-14/h3-4,7,10-12,18H,5-6,8-9H2,1-2H3/t12-/m0/s1. The molecule has 0 bridgehead atoms. The topological polar surface area (TPSA) is 68.8 Å². The van der Waals surface area contributed by atoms with Gasteiger partial charge in [0.05, 0.1) is 17.1 Å². The van der Waals surface area contributed by atoms with Crippen LogP contribution in [0, 0.1) is 0 Å². The second-order valence-corrected chi connectivity index (χ2v) is 7.41. The first kappa shape index (κ1) is 15.5. The van der Waals surface area contributed by atoms with Crippen molar-refractivity contribution in [3.8, 4) is 10.8 Å². The number of fused-ring (bicyclic) bond motifs is 1. The van der Waals surface area contributed by atoms with Crippen LogP contribution in [-0.2, 0) is 19.5 Å². The minimum atomic E-state index is 0.375. The van der Waals surface area contributed by atoms with Crippen molar-refractivity contribution in [2.45, 2.75) is 51.7 Å². The van der Waals surface area contributed by atoms with E-state index in [2.05, 4.69) is 38.9 Å². The quantitative estimate of drug-likeness (QED) is 0.770. The van der Waals surface area contributed by atoms with Crippen LogP contribution >= 0.6 is 11.3 Å². The van der Waals surface area contributed by atoms with Gasteiger partial charge in [-0.2, -0.15) is 5.10 Å². The molecule has 0 spiro atoms. The Kier molecular flexibility index (Phi) is 4.20. The summed E-state index contributed by atoms with van der Waals surface area (Å²) in [6.07, 6.45) is 3.78. The molecule has 0 radical (unpaired) electrons. The van der Waals surface area contributed by atoms with Gasteiger partial charge >= 0.3 is 0 Å². The second-order valence-electron chi connectivity index (χ2n) is 6.46. The molecule has 7 heteroatoms. The number of aryl methyl sites for hydroxylation is 1. The molecule has 0 fully saturated rings. The minimum Gasteiger partial charge on any atom is -0.444 e. The predicted octanol–water partition coefficient (Wildman–Crippen LogP) is 3.22. The Morgan fingerprint density at radius 3 is 3.12 bits per heavy atom. The number of aromatic nitrogens is 4. The fourth-order valence-corrected chi connectivity index (χ4v) is 3.55. The second kappa shape index (κ2) is 6.49. The third-order valence-electron chi connectivity index (χ3n) is 4.25. The molecule has 126 valence electrons. The molecule has 4 heterocycles. The van der Waals surface area contributed by atoms with Crippen LogP contribution in [0.3, 0.4) is 0 Å². The maximum Gasteiger partial charge on any atom is 0.236 e. The van der Waals surface area contributed by atoms with Crippen LogP contribution < -0.4 is 5.32 Å². The van der Waals surface area contributed by atoms with Crippen LogP contribution in [0.4, 0.5) is 0 Å². The molecule has 0 saturated heterocycles. The van der Waals surface area contributed by atoms with Crippen molar-refractivity contribution in [3.63, 3.8) is 0 Å². The fraction of sp³-hybridized carbons (Fsp3) is 0.471. The number of nitrogens with one attached hydrogen (secondary N) is 1. The average molecular weight is 343 g/mol. The molecule has 0 aliphatic carbocycles. The first-order valence-corrected chi connectivity index (χ1v) is 9.22. The summed E-state index contributed by atoms with van der Waals surface area (Å²) in [4.78, 5) is 10.3. The Hall–Kier alpha value is -1.99. The zero-order valence-corrected chi connectivity index (χ0v) is 14.7. The molecule has 3 aromatic rings. The molecule has 3 aromatic heterocycles. The molecule has 1 atom stereocenters. The van der Waals surface area contributed by atoms with Gasteiger partial charge in [0, 0.05) is 24.9 Å². The van der Waals surface area contributed by atoms with Gasteiger partial charge in [-0.3, -0.25) is 0 Å². The lowest BCUT2D eigenvalue weighted by Crippen LogP contribution is -2.37. The molecular formula is C17H21N5OS. The van der Waals surface area contributed by atoms with Crippen molar-refractivity contribution in [2.24, 2.45) is 0 Å². The summed E-state index contributed by atoms with van der Waals surface area (Å²) in [6, 6.07) is 4.42. The Balaban J connectivity index is 1.37. The lowest BCUT2D eigenvalue weighted by atomic mass is 10.1. The fourth-order valence-electron chi connectivity index (χ4n) is 2.89. The molecule has 0 aromatic carbocycles. The number of nitrogens with zero attached hydrogens (tertiary/aromatic N) is 4. The highest BCUT2D eigenvalue weighted by Crippen LogP contribution is 2.24. The molecule has 0 unspecified atom stereocenters. The SMILES string of the molecule is CC(C)c1nc2n(n1)C[C@@H](NCc1coc(-c3cccs3)n1)CC2. The first-order chi connectivity index (χ1) is 11.7. The van der Waals surface area contributed by atoms with Gasteiger partial charge in [0.1, 0.15) is 12.1 Å². The van der Waals surface area contributed by atoms with E-state index in [0.29, 0.717) is 24.4 Å². The largest absolute Gasteiger partial charge is 0.444 e. The zero-order valence-electron chi connectivity index (χ0n) is 13.9. The van der Waals surface area contributed by atoms with Gasteiger partial charge in [-0.05, 0) is 17.9 Å². The van der Waals surface area contributed by atoms with E-state index in [9.17, 15) is 0 Å². The van der Waals surface area contributed by atoms with E-state index < -0.39 is 0 Å². The molecule has 0 amide bonds. The maximum atomic E-state index is 5.57. The van der Waals surface area contributed by atoms with E-state index in [0.717, 1.165) is 41.6 Å². The van der Waals surface area contributed by atoms with Crippen molar-refractivity contribution in [1.82, 2.24) is 25.1 Å². The predicted molar refractivity (Wildman–Crippen MR) is 92.9 cm³/mol. The van der Waals surface area contributed by atoms with E-state index in [1.807, 2.05) is 17.5 Å². The maximum absolute atomic E-state index is 5.57. The van der Waals surface area contributed by atoms with E-state index in [4.69, 9.17) is 4.42 Å². The van der Waals surface area contributed by atoms with E-state index in [1.54, 1.807) is 17.6 Å². The summed E-state index contributed by atoms with van der Waals surface area (Å²) in [5.74, 6) is 3.13. The van der Waals surface area contributed by atoms with E-state index in [1.165, 1.54) is 0 Å². The van der Waals surface area contributed by atoms with Crippen molar-refractivity contribution < 1.29 is 4.42 Å². The summed E-state index contributed by atoms with van der Waals surface area (Å²) in [5.41, 5.74) is 0.936. The third kappa shape index (κ3) is 3.14. The van der Waals surface area contributed by atoms with E-state index >= 15 is 0 Å². The highest BCUT2D eigenvalue weighted by molar-refractivity contribution is 7.13. The van der Waals surface area contributed by atoms with Gasteiger partial charge in [-0.15, -0.1) is 11.3 Å². The Morgan fingerprint density at radius 1 is 1.42 bits per heavy atom. The highest BCUT2D eigenvalue weighted by atomic mass is 32.1. The third-order valence-corrected chi connectivity index (χ3v) is 5.10. The molecule has 24 heavy (non-hydrogen) atoms. The Labute approximate surface area is 144 Å². The smallest absolute Gasteiger partial charge is 0.236 e. The Morgan fingerprint density at radius 2 is 2.33 bits per heavy atom. The molecule has 6 nitrogen and oxygen atoms in total. The van der Waals surface area contributed by atoms with Gasteiger partial charge in [0.25, 0.3) is 0 Å². The van der Waals surface area contributed by atoms with Crippen molar-refractivity contribution >= 4 is 11.3 Å². The summed E-state index contributed by atoms with van der Waals surface area (Å²) in [5, 5.41) is 10.2. The van der Waals surface area contributed by atoms with Gasteiger partial charge in [0.15, 0.2) is 5.82 Å². The van der Waals surface area contributed by atoms with Crippen molar-refractivity contribution in [2.75, 3.05) is 0 Å². The summed E-state index contributed by atoms with van der Waals surface area (Å²) >= 11 is 1.64. The zero-order chi connectivity index (χ0) is 16.5. The highest BCUT2D eigenvalue weighted by Gasteiger charge is 2.22. The number of thiophene rings is 1. The molecule has 4 rings (SSSR count). The molecule has 1 aliphatic heterocycles. The lowest BCUT2D eigenvalue weighted by molar-refractivity contribution is 0.356. The van der Waals surface area contributed by atoms with Crippen LogP contribution in [-0.4, -0.2) is 25.8 Å². The van der Waals surface area contributed by atoms with Crippen LogP contribution in [0.1, 0.15) is 43.5 Å². The minimum absolute atomic E-state index is 0.375. The molecule has 1 N–H and O–H groups in total. The summed E-state index contributed by atoms with van der Waals surface area (Å²) in [6.45, 7) is 5.84. The number of rotatable bonds is 5. The van der Waals surface area contributed by atoms with Crippen molar-refractivity contribution in [3.05, 3.63) is 41.1 Å². The number of hydrogen-bond acceptors (Lipinski definition) is 6. The number of oxazole rings is 1. The van der Waals surface area contributed by atoms with Gasteiger partial charge < -0.3 is 9.73 Å². The van der Waals surface area contributed by atoms with Gasteiger partial charge in [0.2, 0.25) is 5.89 Å². The first-order valence-electron chi connectivity index (χ1n) is 8.34. The van der Waals surface area contributed by atoms with E-state index in [-0.39, 0.29) is 0 Å². The van der Waals surface area contributed by atoms with Crippen LogP contribution in [0.5, 0.6) is 0 Å². The number of hydrogen-bond donors (Lipinski definition) is 1. The molecular weight excluding hydrogens is 322 g/mol. The molecule has 1 aliphatic rings. The Bertz CT molecular complexity index is 805. The normalized spacial score (nSPS) is 17.4. The lowest BCUT2D eigenvalue weighted by Gasteiger charge is -2.23. The van der Waals surface area contributed by atoms with Gasteiger partial charge in [-0.1, -0.05) is 19.9 Å². The van der Waals surface area contributed by atoms with Crippen LogP contribution in [0.15, 0.2) is 28.2 Å². The monoisotopic (exact) mass is 343 g/mol.